The fourth-order valence-corrected chi connectivity index (χ4v) is 2.73. The Hall–Kier alpha value is -1.82. The van der Waals surface area contributed by atoms with Gasteiger partial charge in [0.25, 0.3) is 5.91 Å². The normalized spacial score (nSPS) is 26.9. The van der Waals surface area contributed by atoms with Crippen LogP contribution in [-0.2, 0) is 9.53 Å². The number of carbonyl (C=O) groups is 2. The lowest BCUT2D eigenvalue weighted by atomic mass is 9.87. The first-order chi connectivity index (χ1) is 9.21. The standard InChI is InChI=1S/C13H15N3O3/c17-11-8-16(4-3-13(11)2-1-5-19-13)12(18)10-6-14-9-15-7-10/h6-7,9H,1-5,8H2. The minimum absolute atomic E-state index is 0.0152. The van der Waals surface area contributed by atoms with Crippen molar-refractivity contribution in [3.63, 3.8) is 0 Å². The first kappa shape index (κ1) is 12.2. The third-order valence-electron chi connectivity index (χ3n) is 3.83. The van der Waals surface area contributed by atoms with Gasteiger partial charge in [-0.15, -0.1) is 0 Å². The average Bonchev–Trinajstić information content (AvgIpc) is 2.92. The molecular weight excluding hydrogens is 246 g/mol. The third kappa shape index (κ3) is 2.12. The second-order valence-corrected chi connectivity index (χ2v) is 4.97. The molecule has 3 heterocycles. The van der Waals surface area contributed by atoms with Crippen molar-refractivity contribution in [2.75, 3.05) is 19.7 Å². The second-order valence-electron chi connectivity index (χ2n) is 4.97. The molecule has 2 saturated heterocycles. The zero-order valence-corrected chi connectivity index (χ0v) is 10.5. The van der Waals surface area contributed by atoms with Crippen LogP contribution in [0.15, 0.2) is 18.7 Å². The summed E-state index contributed by atoms with van der Waals surface area (Å²) in [6.07, 6.45) is 6.60. The number of piperidine rings is 1. The number of carbonyl (C=O) groups excluding carboxylic acids is 2. The van der Waals surface area contributed by atoms with Crippen molar-refractivity contribution in [2.45, 2.75) is 24.9 Å². The fraction of sp³-hybridized carbons (Fsp3) is 0.538. The van der Waals surface area contributed by atoms with E-state index in [1.165, 1.54) is 18.7 Å². The number of ether oxygens (including phenoxy) is 1. The Labute approximate surface area is 110 Å². The molecule has 6 nitrogen and oxygen atoms in total. The number of nitrogens with zero attached hydrogens (tertiary/aromatic N) is 3. The van der Waals surface area contributed by atoms with E-state index >= 15 is 0 Å². The van der Waals surface area contributed by atoms with Gasteiger partial charge in [0.15, 0.2) is 5.78 Å². The first-order valence-electron chi connectivity index (χ1n) is 6.43. The SMILES string of the molecule is O=C(c1cncnc1)N1CCC2(CCCO2)C(=O)C1. The topological polar surface area (TPSA) is 72.4 Å². The summed E-state index contributed by atoms with van der Waals surface area (Å²) in [4.78, 5) is 33.6. The van der Waals surface area contributed by atoms with Crippen LogP contribution in [0.4, 0.5) is 0 Å². The molecule has 100 valence electrons. The van der Waals surface area contributed by atoms with Crippen molar-refractivity contribution in [3.8, 4) is 0 Å². The average molecular weight is 261 g/mol. The number of rotatable bonds is 1. The molecule has 0 radical (unpaired) electrons. The molecule has 0 N–H and O–H groups in total. The van der Waals surface area contributed by atoms with E-state index in [1.54, 1.807) is 4.90 Å². The van der Waals surface area contributed by atoms with E-state index in [-0.39, 0.29) is 18.2 Å². The summed E-state index contributed by atoms with van der Waals surface area (Å²) in [7, 11) is 0. The van der Waals surface area contributed by atoms with Gasteiger partial charge in [-0.3, -0.25) is 9.59 Å². The third-order valence-corrected chi connectivity index (χ3v) is 3.83. The van der Waals surface area contributed by atoms with Crippen molar-refractivity contribution in [2.24, 2.45) is 0 Å². The molecule has 1 unspecified atom stereocenters. The van der Waals surface area contributed by atoms with Crippen molar-refractivity contribution in [1.29, 1.82) is 0 Å². The van der Waals surface area contributed by atoms with Gasteiger partial charge in [0.05, 0.1) is 12.1 Å². The highest BCUT2D eigenvalue weighted by atomic mass is 16.5. The van der Waals surface area contributed by atoms with E-state index in [2.05, 4.69) is 9.97 Å². The van der Waals surface area contributed by atoms with E-state index in [0.717, 1.165) is 12.8 Å². The van der Waals surface area contributed by atoms with Gasteiger partial charge in [0.2, 0.25) is 0 Å². The molecule has 2 aliphatic rings. The highest BCUT2D eigenvalue weighted by Crippen LogP contribution is 2.33. The molecule has 6 heteroatoms. The number of amides is 1. The minimum atomic E-state index is -0.621. The maximum atomic E-state index is 12.2. The molecule has 3 rings (SSSR count). The second kappa shape index (κ2) is 4.70. The summed E-state index contributed by atoms with van der Waals surface area (Å²) >= 11 is 0. The van der Waals surface area contributed by atoms with Gasteiger partial charge in [-0.2, -0.15) is 0 Å². The Morgan fingerprint density at radius 1 is 1.32 bits per heavy atom. The zero-order valence-electron chi connectivity index (χ0n) is 10.5. The van der Waals surface area contributed by atoms with E-state index in [4.69, 9.17) is 4.74 Å². The van der Waals surface area contributed by atoms with Crippen molar-refractivity contribution >= 4 is 11.7 Å². The molecule has 2 fully saturated rings. The quantitative estimate of drug-likeness (QED) is 0.733. The van der Waals surface area contributed by atoms with Crippen LogP contribution in [0.1, 0.15) is 29.6 Å². The first-order valence-corrected chi connectivity index (χ1v) is 6.43. The van der Waals surface area contributed by atoms with Gasteiger partial charge < -0.3 is 9.64 Å². The Bertz CT molecular complexity index is 497. The molecule has 1 aromatic rings. The molecule has 0 saturated carbocycles. The molecule has 1 atom stereocenters. The summed E-state index contributed by atoms with van der Waals surface area (Å²) in [6, 6.07) is 0. The maximum Gasteiger partial charge on any atom is 0.257 e. The van der Waals surface area contributed by atoms with Crippen LogP contribution in [0.2, 0.25) is 0 Å². The number of hydrogen-bond acceptors (Lipinski definition) is 5. The predicted octanol–water partition coefficient (Wildman–Crippen LogP) is 0.441. The van der Waals surface area contributed by atoms with E-state index < -0.39 is 5.60 Å². The lowest BCUT2D eigenvalue weighted by molar-refractivity contribution is -0.144. The molecule has 0 aromatic carbocycles. The lowest BCUT2D eigenvalue weighted by Crippen LogP contribution is -2.53. The van der Waals surface area contributed by atoms with E-state index in [9.17, 15) is 9.59 Å². The van der Waals surface area contributed by atoms with Gasteiger partial charge in [-0.25, -0.2) is 9.97 Å². The van der Waals surface area contributed by atoms with Crippen LogP contribution < -0.4 is 0 Å². The summed E-state index contributed by atoms with van der Waals surface area (Å²) < 4.78 is 5.62. The molecule has 19 heavy (non-hydrogen) atoms. The minimum Gasteiger partial charge on any atom is -0.367 e. The number of ketones is 1. The molecule has 2 aliphatic heterocycles. The van der Waals surface area contributed by atoms with Crippen molar-refractivity contribution < 1.29 is 14.3 Å². The Morgan fingerprint density at radius 2 is 2.11 bits per heavy atom. The van der Waals surface area contributed by atoms with E-state index in [0.29, 0.717) is 25.1 Å². The Balaban J connectivity index is 1.72. The van der Waals surface area contributed by atoms with Gasteiger partial charge in [-0.05, 0) is 12.8 Å². The summed E-state index contributed by atoms with van der Waals surface area (Å²) in [5.41, 5.74) is -0.206. The van der Waals surface area contributed by atoms with E-state index in [1.807, 2.05) is 0 Å². The van der Waals surface area contributed by atoms with Crippen LogP contribution in [0.5, 0.6) is 0 Å². The summed E-state index contributed by atoms with van der Waals surface area (Å²) in [5.74, 6) is -0.178. The van der Waals surface area contributed by atoms with Gasteiger partial charge >= 0.3 is 0 Å². The molecule has 1 spiro atoms. The van der Waals surface area contributed by atoms with Crippen LogP contribution in [0.25, 0.3) is 0 Å². The molecule has 1 aromatic heterocycles. The van der Waals surface area contributed by atoms with Gasteiger partial charge in [0.1, 0.15) is 11.9 Å². The molecule has 0 aliphatic carbocycles. The highest BCUT2D eigenvalue weighted by molar-refractivity contribution is 5.99. The number of likely N-dealkylation sites (tertiary alicyclic amines) is 1. The molecule has 1 amide bonds. The lowest BCUT2D eigenvalue weighted by Gasteiger charge is -2.37. The molecular formula is C13H15N3O3. The van der Waals surface area contributed by atoms with Crippen LogP contribution in [0, 0.1) is 0 Å². The predicted molar refractivity (Wildman–Crippen MR) is 65.5 cm³/mol. The largest absolute Gasteiger partial charge is 0.367 e. The Kier molecular flexibility index (Phi) is 3.02. The fourth-order valence-electron chi connectivity index (χ4n) is 2.73. The zero-order chi connectivity index (χ0) is 13.3. The smallest absolute Gasteiger partial charge is 0.257 e. The van der Waals surface area contributed by atoms with Gasteiger partial charge in [0, 0.05) is 32.0 Å². The van der Waals surface area contributed by atoms with Crippen LogP contribution in [0.3, 0.4) is 0 Å². The number of hydrogen-bond donors (Lipinski definition) is 0. The summed E-state index contributed by atoms with van der Waals surface area (Å²) in [6.45, 7) is 1.30. The highest BCUT2D eigenvalue weighted by Gasteiger charge is 2.46. The van der Waals surface area contributed by atoms with Crippen LogP contribution in [-0.4, -0.2) is 51.9 Å². The van der Waals surface area contributed by atoms with Crippen LogP contribution >= 0.6 is 0 Å². The monoisotopic (exact) mass is 261 g/mol. The molecule has 0 bridgehead atoms. The Morgan fingerprint density at radius 3 is 2.74 bits per heavy atom. The van der Waals surface area contributed by atoms with Crippen molar-refractivity contribution in [3.05, 3.63) is 24.3 Å². The maximum absolute atomic E-state index is 12.2. The number of Topliss-reactive ketones (excluding diaryl/α,β-unsaturated/α-hetero) is 1. The van der Waals surface area contributed by atoms with Gasteiger partial charge in [-0.1, -0.05) is 0 Å². The summed E-state index contributed by atoms with van der Waals surface area (Å²) in [5, 5.41) is 0. The number of aromatic nitrogens is 2. The van der Waals surface area contributed by atoms with Crippen molar-refractivity contribution in [1.82, 2.24) is 14.9 Å².